The van der Waals surface area contributed by atoms with Gasteiger partial charge in [0.2, 0.25) is 17.9 Å². The van der Waals surface area contributed by atoms with Crippen LogP contribution in [0.2, 0.25) is 0 Å². The van der Waals surface area contributed by atoms with Gasteiger partial charge in [-0.15, -0.1) is 0 Å². The Bertz CT molecular complexity index is 932. The highest BCUT2D eigenvalue weighted by Crippen LogP contribution is 2.30. The van der Waals surface area contributed by atoms with Crippen LogP contribution in [-0.2, 0) is 19.1 Å². The number of nitrogens with one attached hydrogen (secondary N) is 2. The number of hydrogen-bond donors (Lipinski definition) is 2. The van der Waals surface area contributed by atoms with E-state index in [1.54, 1.807) is 19.1 Å². The molecule has 0 spiro atoms. The maximum Gasteiger partial charge on any atom is 0.349 e. The zero-order chi connectivity index (χ0) is 26.3. The van der Waals surface area contributed by atoms with E-state index < -0.39 is 30.1 Å². The first kappa shape index (κ1) is 27.9. The molecule has 0 radical (unpaired) electrons. The SMILES string of the molecule is COC(=O)[C@@H]1Oc2cc(ccc2OC)C(=O)N[C@@H](C(C)C)CN(C(=O)CC(C)C)CC(=O)N[C@H]1C. The van der Waals surface area contributed by atoms with Crippen LogP contribution in [0.1, 0.15) is 51.4 Å². The van der Waals surface area contributed by atoms with Crippen LogP contribution in [0, 0.1) is 11.8 Å². The fourth-order valence-corrected chi connectivity index (χ4v) is 3.71. The summed E-state index contributed by atoms with van der Waals surface area (Å²) < 4.78 is 16.1. The van der Waals surface area contributed by atoms with Crippen molar-refractivity contribution in [3.05, 3.63) is 23.8 Å². The molecular formula is C25H37N3O7. The Morgan fingerprint density at radius 3 is 2.40 bits per heavy atom. The number of fused-ring (bicyclic) bond motifs is 2. The molecule has 194 valence electrons. The van der Waals surface area contributed by atoms with Crippen molar-refractivity contribution in [2.75, 3.05) is 27.3 Å². The van der Waals surface area contributed by atoms with Crippen LogP contribution in [0.15, 0.2) is 18.2 Å². The molecular weight excluding hydrogens is 454 g/mol. The zero-order valence-electron chi connectivity index (χ0n) is 21.5. The second-order valence-electron chi connectivity index (χ2n) is 9.48. The number of benzene rings is 1. The van der Waals surface area contributed by atoms with Crippen molar-refractivity contribution >= 4 is 23.7 Å². The Balaban J connectivity index is 2.54. The van der Waals surface area contributed by atoms with Crippen molar-refractivity contribution < 1.29 is 33.4 Å². The van der Waals surface area contributed by atoms with Gasteiger partial charge in [-0.3, -0.25) is 14.4 Å². The van der Waals surface area contributed by atoms with E-state index >= 15 is 0 Å². The summed E-state index contributed by atoms with van der Waals surface area (Å²) in [6, 6.07) is 3.42. The molecule has 0 saturated carbocycles. The molecule has 1 aliphatic heterocycles. The number of esters is 1. The molecule has 35 heavy (non-hydrogen) atoms. The molecule has 1 heterocycles. The highest BCUT2D eigenvalue weighted by molar-refractivity contribution is 5.95. The van der Waals surface area contributed by atoms with Gasteiger partial charge in [-0.25, -0.2) is 4.79 Å². The lowest BCUT2D eigenvalue weighted by atomic mass is 10.0. The number of hydrogen-bond acceptors (Lipinski definition) is 7. The van der Waals surface area contributed by atoms with E-state index in [4.69, 9.17) is 14.2 Å². The van der Waals surface area contributed by atoms with Crippen LogP contribution in [0.25, 0.3) is 0 Å². The highest BCUT2D eigenvalue weighted by Gasteiger charge is 2.33. The topological polar surface area (TPSA) is 123 Å². The molecule has 0 aliphatic carbocycles. The summed E-state index contributed by atoms with van der Waals surface area (Å²) in [5.74, 6) is -1.19. The summed E-state index contributed by atoms with van der Waals surface area (Å²) in [5, 5.41) is 5.72. The molecule has 1 aromatic carbocycles. The lowest BCUT2D eigenvalue weighted by Crippen LogP contribution is -2.54. The maximum atomic E-state index is 13.1. The Kier molecular flexibility index (Phi) is 9.91. The number of carbonyl (C=O) groups excluding carboxylic acids is 4. The van der Waals surface area contributed by atoms with E-state index in [0.29, 0.717) is 11.3 Å². The summed E-state index contributed by atoms with van der Waals surface area (Å²) in [5.41, 5.74) is 0.295. The van der Waals surface area contributed by atoms with Crippen molar-refractivity contribution in [2.24, 2.45) is 11.8 Å². The molecule has 0 fully saturated rings. The largest absolute Gasteiger partial charge is 0.493 e. The number of amides is 3. The molecule has 1 aliphatic rings. The Morgan fingerprint density at radius 2 is 1.83 bits per heavy atom. The van der Waals surface area contributed by atoms with Gasteiger partial charge in [0.15, 0.2) is 11.5 Å². The Morgan fingerprint density at radius 1 is 1.14 bits per heavy atom. The molecule has 1 aromatic rings. The Hall–Kier alpha value is -3.30. The molecule has 3 amide bonds. The maximum absolute atomic E-state index is 13.1. The average molecular weight is 492 g/mol. The number of ether oxygens (including phenoxy) is 3. The molecule has 2 bridgehead atoms. The van der Waals surface area contributed by atoms with Crippen molar-refractivity contribution in [1.29, 1.82) is 0 Å². The summed E-state index contributed by atoms with van der Waals surface area (Å²) in [6.07, 6.45) is -0.959. The molecule has 2 rings (SSSR count). The van der Waals surface area contributed by atoms with Crippen molar-refractivity contribution in [1.82, 2.24) is 15.5 Å². The zero-order valence-corrected chi connectivity index (χ0v) is 21.5. The fraction of sp³-hybridized carbons (Fsp3) is 0.600. The highest BCUT2D eigenvalue weighted by atomic mass is 16.6. The number of carbonyl (C=O) groups is 4. The van der Waals surface area contributed by atoms with Gasteiger partial charge in [-0.1, -0.05) is 27.7 Å². The minimum absolute atomic E-state index is 0.0131. The summed E-state index contributed by atoms with van der Waals surface area (Å²) in [7, 11) is 2.65. The normalized spacial score (nSPS) is 21.5. The molecule has 0 aromatic heterocycles. The third-order valence-corrected chi connectivity index (χ3v) is 5.76. The molecule has 10 heteroatoms. The summed E-state index contributed by atoms with van der Waals surface area (Å²) in [4.78, 5) is 53.0. The van der Waals surface area contributed by atoms with Gasteiger partial charge in [-0.05, 0) is 37.0 Å². The smallest absolute Gasteiger partial charge is 0.349 e. The predicted molar refractivity (Wildman–Crippen MR) is 129 cm³/mol. The third kappa shape index (κ3) is 7.60. The van der Waals surface area contributed by atoms with E-state index in [-0.39, 0.29) is 48.9 Å². The molecule has 0 unspecified atom stereocenters. The van der Waals surface area contributed by atoms with Gasteiger partial charge in [-0.2, -0.15) is 0 Å². The number of rotatable bonds is 5. The van der Waals surface area contributed by atoms with Crippen molar-refractivity contribution in [2.45, 2.75) is 59.2 Å². The van der Waals surface area contributed by atoms with Crippen LogP contribution in [0.4, 0.5) is 0 Å². The van der Waals surface area contributed by atoms with Gasteiger partial charge < -0.3 is 29.7 Å². The predicted octanol–water partition coefficient (Wildman–Crippen LogP) is 1.76. The van der Waals surface area contributed by atoms with Crippen molar-refractivity contribution in [3.8, 4) is 11.5 Å². The van der Waals surface area contributed by atoms with E-state index in [9.17, 15) is 19.2 Å². The van der Waals surface area contributed by atoms with Gasteiger partial charge in [0.1, 0.15) is 0 Å². The van der Waals surface area contributed by atoms with Crippen LogP contribution in [-0.4, -0.2) is 74.1 Å². The van der Waals surface area contributed by atoms with Crippen LogP contribution >= 0.6 is 0 Å². The lowest BCUT2D eigenvalue weighted by Gasteiger charge is -2.32. The van der Waals surface area contributed by atoms with E-state index in [1.165, 1.54) is 25.2 Å². The van der Waals surface area contributed by atoms with Crippen LogP contribution in [0.5, 0.6) is 11.5 Å². The van der Waals surface area contributed by atoms with Crippen LogP contribution < -0.4 is 20.1 Å². The van der Waals surface area contributed by atoms with Crippen molar-refractivity contribution in [3.63, 3.8) is 0 Å². The van der Waals surface area contributed by atoms with E-state index in [0.717, 1.165) is 0 Å². The first-order valence-electron chi connectivity index (χ1n) is 11.8. The Labute approximate surface area is 206 Å². The summed E-state index contributed by atoms with van der Waals surface area (Å²) >= 11 is 0. The first-order chi connectivity index (χ1) is 16.5. The minimum atomic E-state index is -1.22. The second-order valence-corrected chi connectivity index (χ2v) is 9.48. The average Bonchev–Trinajstić information content (AvgIpc) is 2.79. The molecule has 2 N–H and O–H groups in total. The quantitative estimate of drug-likeness (QED) is 0.602. The minimum Gasteiger partial charge on any atom is -0.493 e. The first-order valence-corrected chi connectivity index (χ1v) is 11.8. The van der Waals surface area contributed by atoms with E-state index in [1.807, 2.05) is 27.7 Å². The van der Waals surface area contributed by atoms with Gasteiger partial charge in [0.05, 0.1) is 26.8 Å². The standard InChI is InChI=1S/C25H37N3O7/c1-14(2)10-22(30)28-12-18(15(3)4)27-24(31)17-8-9-19(33-6)20(11-17)35-23(25(32)34-7)16(5)26-21(29)13-28/h8-9,11,14-16,18,23H,10,12-13H2,1-7H3,(H,26,29)(H,27,31)/t16-,18+,23+/m0/s1. The van der Waals surface area contributed by atoms with Gasteiger partial charge >= 0.3 is 5.97 Å². The van der Waals surface area contributed by atoms with Gasteiger partial charge in [0, 0.05) is 24.6 Å². The molecule has 0 saturated heterocycles. The van der Waals surface area contributed by atoms with Gasteiger partial charge in [0.25, 0.3) is 5.91 Å². The molecule has 10 nitrogen and oxygen atoms in total. The molecule has 3 atom stereocenters. The number of methoxy groups -OCH3 is 2. The fourth-order valence-electron chi connectivity index (χ4n) is 3.71. The second kappa shape index (κ2) is 12.4. The van der Waals surface area contributed by atoms with Crippen LogP contribution in [0.3, 0.4) is 0 Å². The monoisotopic (exact) mass is 491 g/mol. The van der Waals surface area contributed by atoms with E-state index in [2.05, 4.69) is 10.6 Å². The summed E-state index contributed by atoms with van der Waals surface area (Å²) in [6.45, 7) is 9.26. The lowest BCUT2D eigenvalue weighted by molar-refractivity contribution is -0.150. The number of nitrogens with zero attached hydrogens (tertiary/aromatic N) is 1. The third-order valence-electron chi connectivity index (χ3n) is 5.76.